The maximum Gasteiger partial charge on any atom is 0.151 e. The first kappa shape index (κ1) is 14.1. The highest BCUT2D eigenvalue weighted by Crippen LogP contribution is 2.12. The van der Waals surface area contributed by atoms with E-state index in [0.717, 1.165) is 0 Å². The Balaban J connectivity index is 4.64. The van der Waals surface area contributed by atoms with Crippen molar-refractivity contribution in [3.8, 4) is 0 Å². The first-order valence-corrected chi connectivity index (χ1v) is 4.36. The van der Waals surface area contributed by atoms with Crippen molar-refractivity contribution in [3.63, 3.8) is 0 Å². The average molecular weight is 220 g/mol. The normalized spacial score (nSPS) is 18.8. The van der Waals surface area contributed by atoms with E-state index >= 15 is 0 Å². The van der Waals surface area contributed by atoms with Crippen molar-refractivity contribution >= 4 is 6.29 Å². The summed E-state index contributed by atoms with van der Waals surface area (Å²) in [6.45, 7) is 2.99. The second-order valence-corrected chi connectivity index (χ2v) is 3.44. The lowest BCUT2D eigenvalue weighted by Crippen LogP contribution is -2.45. The number of aldehydes is 1. The molecule has 0 aliphatic carbocycles. The van der Waals surface area contributed by atoms with Crippen molar-refractivity contribution in [1.29, 1.82) is 0 Å². The van der Waals surface area contributed by atoms with Crippen LogP contribution in [-0.2, 0) is 4.79 Å². The van der Waals surface area contributed by atoms with Gasteiger partial charge in [-0.1, -0.05) is 0 Å². The molecule has 5 N–H and O–H groups in total. The summed E-state index contributed by atoms with van der Waals surface area (Å²) >= 11 is 0. The molecule has 0 saturated heterocycles. The van der Waals surface area contributed by atoms with Crippen LogP contribution >= 0.6 is 0 Å². The summed E-state index contributed by atoms with van der Waals surface area (Å²) in [6.07, 6.45) is -7.20. The van der Waals surface area contributed by atoms with Gasteiger partial charge in [0.15, 0.2) is 6.29 Å². The molecule has 6 nitrogen and oxygen atoms in total. The van der Waals surface area contributed by atoms with Crippen LogP contribution in [-0.4, -0.2) is 56.2 Å². The predicted molar refractivity (Wildman–Crippen MR) is 51.1 cm³/mol. The van der Waals surface area contributed by atoms with Crippen molar-refractivity contribution in [2.75, 3.05) is 0 Å². The molecule has 0 amide bonds. The van der Waals surface area contributed by atoms with E-state index in [1.807, 2.05) is 0 Å². The predicted octanol–water partition coefficient (Wildman–Crippen LogP) is -1.52. The van der Waals surface area contributed by atoms with Crippen molar-refractivity contribution in [2.45, 2.75) is 38.3 Å². The first-order chi connectivity index (χ1) is 6.82. The summed E-state index contributed by atoms with van der Waals surface area (Å²) in [7, 11) is 0. The highest BCUT2D eigenvalue weighted by molar-refractivity contribution is 5.56. The minimum Gasteiger partial charge on any atom is -0.510 e. The summed E-state index contributed by atoms with van der Waals surface area (Å²) in [5.41, 5.74) is 0.356. The van der Waals surface area contributed by atoms with Crippen molar-refractivity contribution < 1.29 is 30.3 Å². The Morgan fingerprint density at radius 3 is 1.87 bits per heavy atom. The van der Waals surface area contributed by atoms with Crippen LogP contribution in [0.2, 0.25) is 0 Å². The highest BCUT2D eigenvalue weighted by atomic mass is 16.4. The minimum atomic E-state index is -1.85. The van der Waals surface area contributed by atoms with E-state index in [2.05, 4.69) is 0 Å². The second kappa shape index (κ2) is 5.82. The molecule has 0 aromatic rings. The molecule has 0 radical (unpaired) electrons. The Bertz CT molecular complexity index is 245. The van der Waals surface area contributed by atoms with E-state index in [1.165, 1.54) is 13.8 Å². The summed E-state index contributed by atoms with van der Waals surface area (Å²) in [4.78, 5) is 10.1. The van der Waals surface area contributed by atoms with Gasteiger partial charge in [-0.2, -0.15) is 0 Å². The molecule has 0 saturated carbocycles. The van der Waals surface area contributed by atoms with Gasteiger partial charge in [-0.25, -0.2) is 0 Å². The van der Waals surface area contributed by atoms with E-state index in [4.69, 9.17) is 10.2 Å². The van der Waals surface area contributed by atoms with Gasteiger partial charge in [0.05, 0.1) is 0 Å². The van der Waals surface area contributed by atoms with Crippen molar-refractivity contribution in [1.82, 2.24) is 0 Å². The van der Waals surface area contributed by atoms with Crippen LogP contribution in [0.5, 0.6) is 0 Å². The standard InChI is InChI=1S/C9H16O6/c1-4(2)6(12)8(14)9(15)7(13)5(11)3-10/h3,5,7-9,11-15H,1-2H3/t5-,7+,8+,9+/m0/s1. The molecular formula is C9H16O6. The lowest BCUT2D eigenvalue weighted by atomic mass is 10.0. The molecule has 0 unspecified atom stereocenters. The molecule has 4 atom stereocenters. The van der Waals surface area contributed by atoms with Crippen LogP contribution in [0.1, 0.15) is 13.8 Å². The fourth-order valence-corrected chi connectivity index (χ4v) is 0.927. The fraction of sp³-hybridized carbons (Fsp3) is 0.667. The van der Waals surface area contributed by atoms with E-state index in [0.29, 0.717) is 5.57 Å². The molecule has 0 aromatic carbocycles. The highest BCUT2D eigenvalue weighted by Gasteiger charge is 2.32. The van der Waals surface area contributed by atoms with Gasteiger partial charge in [0, 0.05) is 0 Å². The average Bonchev–Trinajstić information content (AvgIpc) is 2.23. The molecule has 0 heterocycles. The van der Waals surface area contributed by atoms with Gasteiger partial charge < -0.3 is 30.3 Å². The third-order valence-corrected chi connectivity index (χ3v) is 1.96. The van der Waals surface area contributed by atoms with Crippen molar-refractivity contribution in [3.05, 3.63) is 11.3 Å². The zero-order valence-corrected chi connectivity index (χ0v) is 8.53. The number of hydrogen-bond donors (Lipinski definition) is 5. The molecule has 0 spiro atoms. The van der Waals surface area contributed by atoms with Gasteiger partial charge in [0.2, 0.25) is 0 Å². The van der Waals surface area contributed by atoms with E-state index in [-0.39, 0.29) is 6.29 Å². The fourth-order valence-electron chi connectivity index (χ4n) is 0.927. The number of aliphatic hydroxyl groups is 5. The van der Waals surface area contributed by atoms with E-state index in [9.17, 15) is 20.1 Å². The molecule has 15 heavy (non-hydrogen) atoms. The van der Waals surface area contributed by atoms with Gasteiger partial charge >= 0.3 is 0 Å². The SMILES string of the molecule is CC(C)=C(O)[C@@H](O)[C@H](O)[C@H](O)[C@@H](O)C=O. The Hall–Kier alpha value is -0.950. The summed E-state index contributed by atoms with van der Waals surface area (Å²) in [5, 5.41) is 45.9. The smallest absolute Gasteiger partial charge is 0.151 e. The van der Waals surface area contributed by atoms with Crippen LogP contribution in [0.3, 0.4) is 0 Å². The zero-order valence-electron chi connectivity index (χ0n) is 8.53. The molecule has 0 bridgehead atoms. The first-order valence-electron chi connectivity index (χ1n) is 4.36. The third kappa shape index (κ3) is 3.60. The van der Waals surface area contributed by atoms with Crippen molar-refractivity contribution in [2.24, 2.45) is 0 Å². The molecule has 88 valence electrons. The monoisotopic (exact) mass is 220 g/mol. The summed E-state index contributed by atoms with van der Waals surface area (Å²) < 4.78 is 0. The van der Waals surface area contributed by atoms with Gasteiger partial charge in [-0.05, 0) is 19.4 Å². The van der Waals surface area contributed by atoms with Crippen LogP contribution in [0, 0.1) is 0 Å². The number of rotatable bonds is 5. The largest absolute Gasteiger partial charge is 0.510 e. The quantitative estimate of drug-likeness (QED) is 0.284. The maximum absolute atomic E-state index is 10.1. The Kier molecular flexibility index (Phi) is 5.45. The van der Waals surface area contributed by atoms with Crippen LogP contribution < -0.4 is 0 Å². The topological polar surface area (TPSA) is 118 Å². The molecule has 0 fully saturated rings. The number of allylic oxidation sites excluding steroid dienone is 1. The third-order valence-electron chi connectivity index (χ3n) is 1.96. The van der Waals surface area contributed by atoms with E-state index in [1.54, 1.807) is 0 Å². The Labute approximate surface area is 87.1 Å². The molecule has 0 aromatic heterocycles. The number of hydrogen-bond acceptors (Lipinski definition) is 6. The molecule has 6 heteroatoms. The number of carbonyl (C=O) groups is 1. The molecule has 0 aliphatic rings. The number of aliphatic hydroxyl groups excluding tert-OH is 5. The maximum atomic E-state index is 10.1. The van der Waals surface area contributed by atoms with Gasteiger partial charge in [-0.3, -0.25) is 0 Å². The summed E-state index contributed by atoms with van der Waals surface area (Å²) in [5.74, 6) is -0.500. The van der Waals surface area contributed by atoms with E-state index < -0.39 is 30.2 Å². The lowest BCUT2D eigenvalue weighted by Gasteiger charge is -2.24. The second-order valence-electron chi connectivity index (χ2n) is 3.44. The molecular weight excluding hydrogens is 204 g/mol. The van der Waals surface area contributed by atoms with Crippen LogP contribution in [0.25, 0.3) is 0 Å². The zero-order chi connectivity index (χ0) is 12.2. The lowest BCUT2D eigenvalue weighted by molar-refractivity contribution is -0.133. The van der Waals surface area contributed by atoms with Gasteiger partial charge in [0.1, 0.15) is 30.2 Å². The van der Waals surface area contributed by atoms with Crippen LogP contribution in [0.15, 0.2) is 11.3 Å². The van der Waals surface area contributed by atoms with Gasteiger partial charge in [0.25, 0.3) is 0 Å². The number of carbonyl (C=O) groups excluding carboxylic acids is 1. The molecule has 0 rings (SSSR count). The minimum absolute atomic E-state index is 0.0279. The molecule has 0 aliphatic heterocycles. The van der Waals surface area contributed by atoms with Gasteiger partial charge in [-0.15, -0.1) is 0 Å². The Morgan fingerprint density at radius 2 is 1.53 bits per heavy atom. The van der Waals surface area contributed by atoms with Crippen LogP contribution in [0.4, 0.5) is 0 Å². The summed E-state index contributed by atoms with van der Waals surface area (Å²) in [6, 6.07) is 0. The Morgan fingerprint density at radius 1 is 1.07 bits per heavy atom.